The minimum Gasteiger partial charge on any atom is -1.00 e. The second-order valence-corrected chi connectivity index (χ2v) is 3.43. The predicted octanol–water partition coefficient (Wildman–Crippen LogP) is -15.2. The largest absolute Gasteiger partial charge is 2.00 e. The number of rotatable bonds is 6. The molecule has 0 aliphatic rings. The summed E-state index contributed by atoms with van der Waals surface area (Å²) in [6.45, 7) is 1.20. The van der Waals surface area contributed by atoms with Crippen molar-refractivity contribution in [1.29, 1.82) is 0 Å². The molecule has 1 unspecified atom stereocenters. The summed E-state index contributed by atoms with van der Waals surface area (Å²) in [6, 6.07) is 0. The van der Waals surface area contributed by atoms with Gasteiger partial charge in [-0.15, -0.1) is 0 Å². The Bertz CT molecular complexity index is 363. The fraction of sp³-hybridized carbons (Fsp3) is 0.556. The Kier molecular flexibility index (Phi) is 33.7. The zero-order valence-electron chi connectivity index (χ0n) is 12.8. The van der Waals surface area contributed by atoms with Gasteiger partial charge >= 0.3 is 103 Å². The Labute approximate surface area is 211 Å². The number of carboxylic acids is 4. The van der Waals surface area contributed by atoms with E-state index in [0.29, 0.717) is 0 Å². The molecule has 0 aromatic heterocycles. The van der Waals surface area contributed by atoms with Crippen LogP contribution in [0.4, 0.5) is 0 Å². The summed E-state index contributed by atoms with van der Waals surface area (Å²) in [4.78, 5) is 39.4. The van der Waals surface area contributed by atoms with Gasteiger partial charge in [-0.05, 0) is 6.92 Å². The van der Waals surface area contributed by atoms with Gasteiger partial charge in [-0.25, -0.2) is 4.79 Å². The molecule has 0 aromatic rings. The number of carbonyl (C=O) groups excluding carboxylic acids is 3. The van der Waals surface area contributed by atoms with Gasteiger partial charge in [0.15, 0.2) is 0 Å². The van der Waals surface area contributed by atoms with Gasteiger partial charge in [0.1, 0.15) is 11.7 Å². The van der Waals surface area contributed by atoms with E-state index < -0.39 is 48.4 Å². The summed E-state index contributed by atoms with van der Waals surface area (Å²) >= 11 is 0. The molecule has 14 heteroatoms. The summed E-state index contributed by atoms with van der Waals surface area (Å²) in [7, 11) is 0. The van der Waals surface area contributed by atoms with Crippen LogP contribution >= 0.6 is 0 Å². The van der Waals surface area contributed by atoms with Crippen molar-refractivity contribution in [2.45, 2.75) is 31.5 Å². The summed E-state index contributed by atoms with van der Waals surface area (Å²) in [5, 5.41) is 54.7. The van der Waals surface area contributed by atoms with E-state index in [0.717, 1.165) is 0 Å². The topological polar surface area (TPSA) is 198 Å². The number of carboxylic acid groups (broad SMARTS) is 4. The van der Waals surface area contributed by atoms with Crippen LogP contribution in [0.3, 0.4) is 0 Å². The third kappa shape index (κ3) is 23.3. The van der Waals surface area contributed by atoms with Crippen LogP contribution in [0.2, 0.25) is 0 Å². The normalized spacial score (nSPS) is 9.70. The molecule has 0 fully saturated rings. The Hall–Kier alpha value is 1.35. The monoisotopic (exact) mass is 400 g/mol. The Balaban J connectivity index is -0.0000000635. The molecule has 0 rings (SSSR count). The molecule has 0 bridgehead atoms. The van der Waals surface area contributed by atoms with Crippen molar-refractivity contribution in [3.8, 4) is 0 Å². The molecule has 0 aliphatic heterocycles. The summed E-state index contributed by atoms with van der Waals surface area (Å²) in [6.07, 6.45) is -3.95. The third-order valence-corrected chi connectivity index (χ3v) is 1.61. The van der Waals surface area contributed by atoms with Gasteiger partial charge in [-0.2, -0.15) is 0 Å². The Morgan fingerprint density at radius 1 is 1.00 bits per heavy atom. The van der Waals surface area contributed by atoms with Crippen molar-refractivity contribution in [3.63, 3.8) is 0 Å². The average Bonchev–Trinajstić information content (AvgIpc) is 2.14. The first-order chi connectivity index (χ1) is 8.42. The van der Waals surface area contributed by atoms with E-state index >= 15 is 0 Å². The first kappa shape index (κ1) is 39.4. The molecular weight excluding hydrogens is 390 g/mol. The van der Waals surface area contributed by atoms with Crippen LogP contribution in [0.25, 0.3) is 0 Å². The Morgan fingerprint density at radius 3 is 1.30 bits per heavy atom. The van der Waals surface area contributed by atoms with E-state index in [1.807, 2.05) is 0 Å². The van der Waals surface area contributed by atoms with Gasteiger partial charge in [0.2, 0.25) is 0 Å². The fourth-order valence-electron chi connectivity index (χ4n) is 0.684. The van der Waals surface area contributed by atoms with Crippen molar-refractivity contribution in [2.24, 2.45) is 0 Å². The van der Waals surface area contributed by atoms with Crippen LogP contribution < -0.4 is 86.8 Å². The number of aliphatic hydroxyl groups is 2. The molecule has 118 valence electrons. The van der Waals surface area contributed by atoms with Gasteiger partial charge in [0.25, 0.3) is 0 Å². The van der Waals surface area contributed by atoms with Gasteiger partial charge in [0, 0.05) is 24.8 Å². The molecule has 23 heavy (non-hydrogen) atoms. The predicted molar refractivity (Wildman–Crippen MR) is 54.3 cm³/mol. The quantitative estimate of drug-likeness (QED) is 0.359. The van der Waals surface area contributed by atoms with Crippen molar-refractivity contribution >= 4 is 61.6 Å². The standard InChI is InChI=1S/C6H8O7.C3H6O3.Ca.ClH.2Na/c7-3(8)1-6(13,5(11)12)2-4(9)10;1-2(4)3(5)6;;;;/h13H,1-2H2,(H,7,8)(H,9,10)(H,11,12);2,4H,1H3,(H,5,6);;1H;;/q;;+2;;2*+1/p-4. The maximum Gasteiger partial charge on any atom is 2.00 e. The molecule has 0 aromatic carbocycles. The fourth-order valence-corrected chi connectivity index (χ4v) is 0.684. The summed E-state index contributed by atoms with van der Waals surface area (Å²) in [5.74, 6) is -7.17. The molecule has 0 amide bonds. The molecule has 10 nitrogen and oxygen atoms in total. The number of halogens is 1. The first-order valence-corrected chi connectivity index (χ1v) is 4.66. The van der Waals surface area contributed by atoms with Crippen LogP contribution in [0.1, 0.15) is 19.8 Å². The molecule has 0 heterocycles. The van der Waals surface area contributed by atoms with E-state index in [-0.39, 0.29) is 109 Å². The van der Waals surface area contributed by atoms with Crippen LogP contribution in [-0.4, -0.2) is 88.6 Å². The molecular formula is C9H11CaClNa2O10. The number of carbonyl (C=O) groups is 4. The number of aliphatic hydroxyl groups excluding tert-OH is 1. The number of hydrogen-bond acceptors (Lipinski definition) is 9. The van der Waals surface area contributed by atoms with Crippen LogP contribution in [0, 0.1) is 0 Å². The maximum absolute atomic E-state index is 10.1. The molecule has 3 N–H and O–H groups in total. The van der Waals surface area contributed by atoms with E-state index in [1.165, 1.54) is 6.92 Å². The zero-order chi connectivity index (χ0) is 15.8. The van der Waals surface area contributed by atoms with Crippen LogP contribution in [0.15, 0.2) is 0 Å². The van der Waals surface area contributed by atoms with Gasteiger partial charge in [-0.3, -0.25) is 0 Å². The minimum absolute atomic E-state index is 0. The average molecular weight is 401 g/mol. The van der Waals surface area contributed by atoms with Crippen molar-refractivity contribution in [3.05, 3.63) is 0 Å². The molecule has 1 atom stereocenters. The zero-order valence-corrected chi connectivity index (χ0v) is 19.7. The van der Waals surface area contributed by atoms with E-state index in [1.54, 1.807) is 0 Å². The molecule has 0 saturated heterocycles. The molecule has 0 aliphatic carbocycles. The second-order valence-electron chi connectivity index (χ2n) is 3.43. The van der Waals surface area contributed by atoms with Crippen LogP contribution in [-0.2, 0) is 19.2 Å². The van der Waals surface area contributed by atoms with Gasteiger partial charge in [-0.1, -0.05) is 0 Å². The van der Waals surface area contributed by atoms with E-state index in [2.05, 4.69) is 0 Å². The van der Waals surface area contributed by atoms with Crippen molar-refractivity contribution < 1.29 is 121 Å². The summed E-state index contributed by atoms with van der Waals surface area (Å²) in [5.41, 5.74) is -2.97. The smallest absolute Gasteiger partial charge is 1.00 e. The molecule has 0 spiro atoms. The molecule has 0 radical (unpaired) electrons. The Morgan fingerprint density at radius 2 is 1.22 bits per heavy atom. The second kappa shape index (κ2) is 19.7. The van der Waals surface area contributed by atoms with Gasteiger partial charge < -0.3 is 57.4 Å². The first-order valence-electron chi connectivity index (χ1n) is 4.66. The van der Waals surface area contributed by atoms with Crippen molar-refractivity contribution in [1.82, 2.24) is 0 Å². The number of hydrogen-bond donors (Lipinski definition) is 3. The van der Waals surface area contributed by atoms with Crippen molar-refractivity contribution in [2.75, 3.05) is 0 Å². The minimum atomic E-state index is -2.97. The number of aliphatic carboxylic acids is 4. The SMILES string of the molecule is CC(O)C(=O)O.O=C([O-])CC(O)(CC(=O)[O-])C(=O)[O-].[Ca+2].[Cl-].[Na+].[Na+]. The van der Waals surface area contributed by atoms with E-state index in [9.17, 15) is 34.5 Å². The van der Waals surface area contributed by atoms with Crippen LogP contribution in [0.5, 0.6) is 0 Å². The maximum atomic E-state index is 10.1. The van der Waals surface area contributed by atoms with Gasteiger partial charge in [0.05, 0.1) is 5.97 Å². The summed E-state index contributed by atoms with van der Waals surface area (Å²) < 4.78 is 0. The third-order valence-electron chi connectivity index (χ3n) is 1.61. The van der Waals surface area contributed by atoms with E-state index in [4.69, 9.17) is 15.3 Å². The molecule has 0 saturated carbocycles.